The minimum Gasteiger partial charge on any atom is -0.256 e. The molecule has 0 N–H and O–H groups in total. The van der Waals surface area contributed by atoms with Crippen LogP contribution in [0.4, 0.5) is 0 Å². The van der Waals surface area contributed by atoms with Gasteiger partial charge in [0.15, 0.2) is 5.15 Å². The van der Waals surface area contributed by atoms with Crippen LogP contribution < -0.4 is 0 Å². The fraction of sp³-hybridized carbons (Fsp3) is 0.636. The van der Waals surface area contributed by atoms with E-state index in [1.54, 1.807) is 12.4 Å². The Labute approximate surface area is 90.7 Å². The van der Waals surface area contributed by atoms with Gasteiger partial charge in [0.1, 0.15) is 0 Å². The molecule has 3 heteroatoms. The van der Waals surface area contributed by atoms with Crippen molar-refractivity contribution in [1.29, 1.82) is 0 Å². The number of nitrogens with zero attached hydrogens (tertiary/aromatic N) is 2. The molecule has 0 aliphatic heterocycles. The van der Waals surface area contributed by atoms with Crippen molar-refractivity contribution < 1.29 is 0 Å². The topological polar surface area (TPSA) is 25.8 Å². The van der Waals surface area contributed by atoms with E-state index in [2.05, 4.69) is 37.7 Å². The third kappa shape index (κ3) is 2.44. The van der Waals surface area contributed by atoms with Crippen LogP contribution in [-0.2, 0) is 0 Å². The third-order valence-electron chi connectivity index (χ3n) is 2.43. The van der Waals surface area contributed by atoms with Gasteiger partial charge < -0.3 is 0 Å². The van der Waals surface area contributed by atoms with Gasteiger partial charge in [-0.05, 0) is 11.8 Å². The predicted octanol–water partition coefficient (Wildman–Crippen LogP) is 3.53. The zero-order valence-corrected chi connectivity index (χ0v) is 9.92. The van der Waals surface area contributed by atoms with Gasteiger partial charge in [-0.15, -0.1) is 0 Å². The molecule has 0 aliphatic rings. The fourth-order valence-electron chi connectivity index (χ4n) is 1.96. The molecule has 0 atom stereocenters. The van der Waals surface area contributed by atoms with E-state index in [-0.39, 0.29) is 0 Å². The molecule has 0 radical (unpaired) electrons. The number of rotatable bonds is 3. The van der Waals surface area contributed by atoms with Crippen LogP contribution in [0.2, 0.25) is 5.15 Å². The summed E-state index contributed by atoms with van der Waals surface area (Å²) in [5.74, 6) is 1.45. The SMILES string of the molecule is CC(C)C(c1nccnc1Cl)C(C)C. The van der Waals surface area contributed by atoms with Gasteiger partial charge in [-0.1, -0.05) is 39.3 Å². The molecule has 0 unspecified atom stereocenters. The van der Waals surface area contributed by atoms with Crippen molar-refractivity contribution in [2.24, 2.45) is 11.8 Å². The molecule has 1 aromatic heterocycles. The molecule has 2 nitrogen and oxygen atoms in total. The summed E-state index contributed by atoms with van der Waals surface area (Å²) < 4.78 is 0. The van der Waals surface area contributed by atoms with E-state index < -0.39 is 0 Å². The summed E-state index contributed by atoms with van der Waals surface area (Å²) in [5.41, 5.74) is 0.930. The minimum absolute atomic E-state index is 0.385. The molecule has 1 rings (SSSR count). The predicted molar refractivity (Wildman–Crippen MR) is 59.5 cm³/mol. The molecule has 78 valence electrons. The lowest BCUT2D eigenvalue weighted by Crippen LogP contribution is -2.15. The van der Waals surface area contributed by atoms with E-state index >= 15 is 0 Å². The summed E-state index contributed by atoms with van der Waals surface area (Å²) in [6.07, 6.45) is 3.34. The Bertz CT molecular complexity index is 289. The van der Waals surface area contributed by atoms with Crippen LogP contribution in [0.5, 0.6) is 0 Å². The Hall–Kier alpha value is -0.630. The summed E-state index contributed by atoms with van der Waals surface area (Å²) in [5, 5.41) is 0.542. The van der Waals surface area contributed by atoms with Gasteiger partial charge in [-0.2, -0.15) is 0 Å². The van der Waals surface area contributed by atoms with Gasteiger partial charge in [0.25, 0.3) is 0 Å². The van der Waals surface area contributed by atoms with E-state index in [0.29, 0.717) is 22.9 Å². The third-order valence-corrected chi connectivity index (χ3v) is 2.72. The highest BCUT2D eigenvalue weighted by Gasteiger charge is 2.23. The molecular formula is C11H17ClN2. The van der Waals surface area contributed by atoms with Gasteiger partial charge >= 0.3 is 0 Å². The standard InChI is InChI=1S/C11H17ClN2/c1-7(2)9(8(3)4)10-11(12)14-6-5-13-10/h5-9H,1-4H3. The number of aromatic nitrogens is 2. The first-order valence-corrected chi connectivity index (χ1v) is 5.38. The van der Waals surface area contributed by atoms with Crippen molar-refractivity contribution >= 4 is 11.6 Å². The molecule has 0 spiro atoms. The van der Waals surface area contributed by atoms with Crippen molar-refractivity contribution in [3.63, 3.8) is 0 Å². The van der Waals surface area contributed by atoms with Gasteiger partial charge in [0, 0.05) is 18.3 Å². The summed E-state index contributed by atoms with van der Waals surface area (Å²) in [6.45, 7) is 8.76. The second kappa shape index (κ2) is 4.74. The molecule has 14 heavy (non-hydrogen) atoms. The zero-order chi connectivity index (χ0) is 10.7. The normalized spacial score (nSPS) is 11.7. The zero-order valence-electron chi connectivity index (χ0n) is 9.16. The van der Waals surface area contributed by atoms with Crippen molar-refractivity contribution in [3.8, 4) is 0 Å². The van der Waals surface area contributed by atoms with E-state index in [9.17, 15) is 0 Å². The smallest absolute Gasteiger partial charge is 0.150 e. The highest BCUT2D eigenvalue weighted by molar-refractivity contribution is 6.30. The lowest BCUT2D eigenvalue weighted by atomic mass is 9.83. The molecule has 1 heterocycles. The highest BCUT2D eigenvalue weighted by atomic mass is 35.5. The van der Waals surface area contributed by atoms with Crippen molar-refractivity contribution in [2.75, 3.05) is 0 Å². The van der Waals surface area contributed by atoms with Crippen LogP contribution in [0.1, 0.15) is 39.3 Å². The largest absolute Gasteiger partial charge is 0.256 e. The van der Waals surface area contributed by atoms with E-state index in [1.165, 1.54) is 0 Å². The van der Waals surface area contributed by atoms with Gasteiger partial charge in [0.05, 0.1) is 5.69 Å². The van der Waals surface area contributed by atoms with Crippen LogP contribution in [0, 0.1) is 11.8 Å². The quantitative estimate of drug-likeness (QED) is 0.766. The second-order valence-electron chi connectivity index (χ2n) is 4.25. The molecule has 1 aromatic rings. The first kappa shape index (κ1) is 11.4. The number of hydrogen-bond acceptors (Lipinski definition) is 2. The molecule has 0 aromatic carbocycles. The molecule has 0 saturated carbocycles. The monoisotopic (exact) mass is 212 g/mol. The maximum atomic E-state index is 6.03. The maximum absolute atomic E-state index is 6.03. The first-order valence-electron chi connectivity index (χ1n) is 5.00. The lowest BCUT2D eigenvalue weighted by molar-refractivity contribution is 0.379. The Morgan fingerprint density at radius 3 is 1.93 bits per heavy atom. The first-order chi connectivity index (χ1) is 6.54. The van der Waals surface area contributed by atoms with Crippen molar-refractivity contribution in [3.05, 3.63) is 23.2 Å². The fourth-order valence-corrected chi connectivity index (χ4v) is 2.19. The Morgan fingerprint density at radius 2 is 1.50 bits per heavy atom. The molecule has 0 fully saturated rings. The number of hydrogen-bond donors (Lipinski definition) is 0. The highest BCUT2D eigenvalue weighted by Crippen LogP contribution is 2.33. The summed E-state index contributed by atoms with van der Waals surface area (Å²) in [4.78, 5) is 8.39. The molecule has 0 saturated heterocycles. The lowest BCUT2D eigenvalue weighted by Gasteiger charge is -2.24. The molecule has 0 bridgehead atoms. The minimum atomic E-state index is 0.385. The summed E-state index contributed by atoms with van der Waals surface area (Å²) >= 11 is 6.03. The van der Waals surface area contributed by atoms with Crippen LogP contribution in [-0.4, -0.2) is 9.97 Å². The second-order valence-corrected chi connectivity index (χ2v) is 4.60. The van der Waals surface area contributed by atoms with Gasteiger partial charge in [0.2, 0.25) is 0 Å². The van der Waals surface area contributed by atoms with Crippen LogP contribution in [0.25, 0.3) is 0 Å². The average molecular weight is 213 g/mol. The van der Waals surface area contributed by atoms with Gasteiger partial charge in [-0.3, -0.25) is 4.98 Å². The van der Waals surface area contributed by atoms with E-state index in [1.807, 2.05) is 0 Å². The van der Waals surface area contributed by atoms with E-state index in [0.717, 1.165) is 5.69 Å². The molecule has 0 amide bonds. The van der Waals surface area contributed by atoms with Gasteiger partial charge in [-0.25, -0.2) is 4.98 Å². The van der Waals surface area contributed by atoms with Crippen LogP contribution in [0.3, 0.4) is 0 Å². The Morgan fingerprint density at radius 1 is 1.00 bits per heavy atom. The van der Waals surface area contributed by atoms with Crippen LogP contribution >= 0.6 is 11.6 Å². The maximum Gasteiger partial charge on any atom is 0.150 e. The van der Waals surface area contributed by atoms with Crippen LogP contribution in [0.15, 0.2) is 12.4 Å². The average Bonchev–Trinajstić information content (AvgIpc) is 2.07. The van der Waals surface area contributed by atoms with E-state index in [4.69, 9.17) is 11.6 Å². The Kier molecular flexibility index (Phi) is 3.87. The number of halogens is 1. The molecular weight excluding hydrogens is 196 g/mol. The molecule has 0 aliphatic carbocycles. The Balaban J connectivity index is 3.05. The van der Waals surface area contributed by atoms with Crippen molar-refractivity contribution in [1.82, 2.24) is 9.97 Å². The van der Waals surface area contributed by atoms with Crippen molar-refractivity contribution in [2.45, 2.75) is 33.6 Å². The summed E-state index contributed by atoms with van der Waals surface area (Å²) in [7, 11) is 0. The summed E-state index contributed by atoms with van der Waals surface area (Å²) in [6, 6.07) is 0.